The number of benzene rings is 1. The molecular formula is C13H13ClN4O. The minimum Gasteiger partial charge on any atom is -0.497 e. The zero-order valence-corrected chi connectivity index (χ0v) is 11.4. The maximum Gasteiger partial charge on any atom is 0.129 e. The molecule has 0 aliphatic heterocycles. The fraction of sp³-hybridized carbons (Fsp3) is 0.231. The molecule has 19 heavy (non-hydrogen) atoms. The molecule has 0 saturated heterocycles. The quantitative estimate of drug-likeness (QED) is 0.691. The van der Waals surface area contributed by atoms with E-state index in [0.717, 1.165) is 28.3 Å². The second-order valence-corrected chi connectivity index (χ2v) is 4.49. The Labute approximate surface area is 115 Å². The van der Waals surface area contributed by atoms with E-state index in [1.54, 1.807) is 18.0 Å². The smallest absolute Gasteiger partial charge is 0.129 e. The lowest BCUT2D eigenvalue weighted by molar-refractivity contribution is 0.415. The number of halogens is 1. The zero-order chi connectivity index (χ0) is 13.4. The standard InChI is InChI=1S/C13H13ClN4O/c1-17-8-9(7-15-17)18-12-4-3-10(19-2)5-11(12)16-13(18)6-14/h3-5,7-8H,6H2,1-2H3. The first kappa shape index (κ1) is 12.0. The van der Waals surface area contributed by atoms with Gasteiger partial charge in [0.2, 0.25) is 0 Å². The van der Waals surface area contributed by atoms with Crippen LogP contribution in [0.3, 0.4) is 0 Å². The Kier molecular flexibility index (Phi) is 2.91. The number of rotatable bonds is 3. The zero-order valence-electron chi connectivity index (χ0n) is 10.7. The van der Waals surface area contributed by atoms with Crippen molar-refractivity contribution in [2.24, 2.45) is 7.05 Å². The molecule has 6 heteroatoms. The molecule has 0 fully saturated rings. The third kappa shape index (κ3) is 1.96. The Hall–Kier alpha value is -2.01. The van der Waals surface area contributed by atoms with Gasteiger partial charge in [-0.05, 0) is 12.1 Å². The number of hydrogen-bond acceptors (Lipinski definition) is 3. The number of imidazole rings is 1. The second kappa shape index (κ2) is 4.59. The summed E-state index contributed by atoms with van der Waals surface area (Å²) in [7, 11) is 3.52. The van der Waals surface area contributed by atoms with Crippen LogP contribution in [-0.2, 0) is 12.9 Å². The topological polar surface area (TPSA) is 44.9 Å². The number of ether oxygens (including phenoxy) is 1. The number of aromatic nitrogens is 4. The van der Waals surface area contributed by atoms with E-state index in [-0.39, 0.29) is 0 Å². The maximum atomic E-state index is 5.99. The Morgan fingerprint density at radius 1 is 1.37 bits per heavy atom. The van der Waals surface area contributed by atoms with Crippen molar-refractivity contribution in [3.8, 4) is 11.4 Å². The van der Waals surface area contributed by atoms with Gasteiger partial charge in [0.15, 0.2) is 0 Å². The van der Waals surface area contributed by atoms with Crippen molar-refractivity contribution >= 4 is 22.6 Å². The van der Waals surface area contributed by atoms with Crippen LogP contribution in [0, 0.1) is 0 Å². The van der Waals surface area contributed by atoms with Gasteiger partial charge in [-0.15, -0.1) is 11.6 Å². The van der Waals surface area contributed by atoms with Crippen molar-refractivity contribution in [2.45, 2.75) is 5.88 Å². The molecule has 0 aliphatic rings. The van der Waals surface area contributed by atoms with Gasteiger partial charge in [0, 0.05) is 19.3 Å². The van der Waals surface area contributed by atoms with Crippen LogP contribution in [0.4, 0.5) is 0 Å². The molecule has 2 heterocycles. The van der Waals surface area contributed by atoms with E-state index in [1.165, 1.54) is 0 Å². The fourth-order valence-corrected chi connectivity index (χ4v) is 2.32. The number of aryl methyl sites for hydroxylation is 1. The third-order valence-electron chi connectivity index (χ3n) is 3.00. The lowest BCUT2D eigenvalue weighted by atomic mass is 10.3. The lowest BCUT2D eigenvalue weighted by Crippen LogP contribution is -1.98. The summed E-state index contributed by atoms with van der Waals surface area (Å²) in [5, 5.41) is 4.19. The van der Waals surface area contributed by atoms with Crippen LogP contribution in [-0.4, -0.2) is 26.4 Å². The minimum absolute atomic E-state index is 0.339. The molecular weight excluding hydrogens is 264 g/mol. The number of alkyl halides is 1. The summed E-state index contributed by atoms with van der Waals surface area (Å²) in [6, 6.07) is 5.79. The monoisotopic (exact) mass is 276 g/mol. The van der Waals surface area contributed by atoms with Crippen LogP contribution in [0.25, 0.3) is 16.7 Å². The molecule has 98 valence electrons. The molecule has 0 aliphatic carbocycles. The van der Waals surface area contributed by atoms with Crippen molar-refractivity contribution < 1.29 is 4.74 Å². The maximum absolute atomic E-state index is 5.99. The molecule has 0 unspecified atom stereocenters. The second-order valence-electron chi connectivity index (χ2n) is 4.22. The summed E-state index contributed by atoms with van der Waals surface area (Å²) in [5.41, 5.74) is 2.80. The molecule has 0 radical (unpaired) electrons. The van der Waals surface area contributed by atoms with Crippen LogP contribution in [0.2, 0.25) is 0 Å². The van der Waals surface area contributed by atoms with E-state index in [1.807, 2.05) is 36.0 Å². The van der Waals surface area contributed by atoms with Crippen LogP contribution >= 0.6 is 11.6 Å². The largest absolute Gasteiger partial charge is 0.497 e. The van der Waals surface area contributed by atoms with Gasteiger partial charge in [-0.3, -0.25) is 9.25 Å². The Balaban J connectivity index is 2.27. The van der Waals surface area contributed by atoms with Crippen LogP contribution in [0.15, 0.2) is 30.6 Å². The molecule has 1 aromatic carbocycles. The molecule has 0 amide bonds. The van der Waals surface area contributed by atoms with Gasteiger partial charge in [0.25, 0.3) is 0 Å². The molecule has 0 saturated carbocycles. The summed E-state index contributed by atoms with van der Waals surface area (Å²) in [4.78, 5) is 4.54. The molecule has 5 nitrogen and oxygen atoms in total. The normalized spacial score (nSPS) is 11.1. The Morgan fingerprint density at radius 2 is 2.21 bits per heavy atom. The van der Waals surface area contributed by atoms with Crippen molar-refractivity contribution in [1.29, 1.82) is 0 Å². The van der Waals surface area contributed by atoms with E-state index in [2.05, 4.69) is 10.1 Å². The van der Waals surface area contributed by atoms with Gasteiger partial charge < -0.3 is 4.74 Å². The number of hydrogen-bond donors (Lipinski definition) is 0. The van der Waals surface area contributed by atoms with Gasteiger partial charge >= 0.3 is 0 Å². The predicted molar refractivity (Wildman–Crippen MR) is 73.9 cm³/mol. The molecule has 0 spiro atoms. The van der Waals surface area contributed by atoms with Crippen molar-refractivity contribution in [2.75, 3.05) is 7.11 Å². The summed E-state index contributed by atoms with van der Waals surface area (Å²) in [6.07, 6.45) is 3.73. The summed E-state index contributed by atoms with van der Waals surface area (Å²) < 4.78 is 8.98. The van der Waals surface area contributed by atoms with Crippen molar-refractivity contribution in [1.82, 2.24) is 19.3 Å². The van der Waals surface area contributed by atoms with Gasteiger partial charge in [0.1, 0.15) is 11.6 Å². The third-order valence-corrected chi connectivity index (χ3v) is 3.24. The first-order valence-electron chi connectivity index (χ1n) is 5.83. The fourth-order valence-electron chi connectivity index (χ4n) is 2.14. The highest BCUT2D eigenvalue weighted by Crippen LogP contribution is 2.25. The molecule has 3 rings (SSSR count). The minimum atomic E-state index is 0.339. The van der Waals surface area contributed by atoms with Crippen molar-refractivity contribution in [3.63, 3.8) is 0 Å². The average Bonchev–Trinajstić information content (AvgIpc) is 3.00. The van der Waals surface area contributed by atoms with E-state index in [9.17, 15) is 0 Å². The van der Waals surface area contributed by atoms with Gasteiger partial charge in [0.05, 0.1) is 35.9 Å². The highest BCUT2D eigenvalue weighted by molar-refractivity contribution is 6.17. The molecule has 3 aromatic rings. The predicted octanol–water partition coefficient (Wildman–Crippen LogP) is 2.51. The van der Waals surface area contributed by atoms with Gasteiger partial charge in [-0.2, -0.15) is 5.10 Å². The highest BCUT2D eigenvalue weighted by Gasteiger charge is 2.13. The highest BCUT2D eigenvalue weighted by atomic mass is 35.5. The Morgan fingerprint density at radius 3 is 2.84 bits per heavy atom. The number of fused-ring (bicyclic) bond motifs is 1. The van der Waals surface area contributed by atoms with E-state index in [4.69, 9.17) is 16.3 Å². The van der Waals surface area contributed by atoms with Crippen LogP contribution in [0.5, 0.6) is 5.75 Å². The summed E-state index contributed by atoms with van der Waals surface area (Å²) in [6.45, 7) is 0. The molecule has 0 atom stereocenters. The van der Waals surface area contributed by atoms with Gasteiger partial charge in [-0.25, -0.2) is 4.98 Å². The summed E-state index contributed by atoms with van der Waals surface area (Å²) >= 11 is 5.99. The first-order chi connectivity index (χ1) is 9.22. The number of methoxy groups -OCH3 is 1. The SMILES string of the molecule is COc1ccc2c(c1)nc(CCl)n2-c1cnn(C)c1. The average molecular weight is 277 g/mol. The molecule has 2 aromatic heterocycles. The van der Waals surface area contributed by atoms with E-state index < -0.39 is 0 Å². The Bertz CT molecular complexity index is 731. The van der Waals surface area contributed by atoms with Crippen LogP contribution in [0.1, 0.15) is 5.82 Å². The first-order valence-corrected chi connectivity index (χ1v) is 6.36. The lowest BCUT2D eigenvalue weighted by Gasteiger charge is -2.04. The molecule has 0 N–H and O–H groups in total. The molecule has 0 bridgehead atoms. The summed E-state index contributed by atoms with van der Waals surface area (Å²) in [5.74, 6) is 1.91. The van der Waals surface area contributed by atoms with Crippen molar-refractivity contribution in [3.05, 3.63) is 36.4 Å². The van der Waals surface area contributed by atoms with E-state index in [0.29, 0.717) is 5.88 Å². The number of nitrogens with zero attached hydrogens (tertiary/aromatic N) is 4. The van der Waals surface area contributed by atoms with Gasteiger partial charge in [-0.1, -0.05) is 0 Å². The van der Waals surface area contributed by atoms with E-state index >= 15 is 0 Å². The van der Waals surface area contributed by atoms with Crippen LogP contribution < -0.4 is 4.74 Å².